The van der Waals surface area contributed by atoms with Crippen LogP contribution in [0.5, 0.6) is 5.75 Å². The molecule has 2 fully saturated rings. The Kier molecular flexibility index (Phi) is 8.08. The number of carbonyl (C=O) groups is 3. The molecule has 13 heteroatoms. The minimum Gasteiger partial charge on any atom is -0.406 e. The summed E-state index contributed by atoms with van der Waals surface area (Å²) in [5, 5.41) is 0. The van der Waals surface area contributed by atoms with E-state index < -0.39 is 51.3 Å². The molecule has 2 aromatic carbocycles. The van der Waals surface area contributed by atoms with E-state index in [-0.39, 0.29) is 42.3 Å². The largest absolute Gasteiger partial charge is 0.573 e. The summed E-state index contributed by atoms with van der Waals surface area (Å²) < 4.78 is 79.5. The van der Waals surface area contributed by atoms with Gasteiger partial charge in [-0.2, -0.15) is 0 Å². The quantitative estimate of drug-likeness (QED) is 0.372. The highest BCUT2D eigenvalue weighted by Crippen LogP contribution is 2.53. The van der Waals surface area contributed by atoms with Crippen molar-refractivity contribution in [3.8, 4) is 5.75 Å². The zero-order valence-corrected chi connectivity index (χ0v) is 23.6. The highest BCUT2D eigenvalue weighted by atomic mass is 32.2. The molecule has 8 nitrogen and oxygen atoms in total. The maximum atomic E-state index is 14.7. The van der Waals surface area contributed by atoms with Crippen LogP contribution >= 0.6 is 0 Å². The van der Waals surface area contributed by atoms with Crippen LogP contribution in [0, 0.1) is 11.7 Å². The second-order valence-corrected chi connectivity index (χ2v) is 13.3. The molecule has 0 spiro atoms. The Labute approximate surface area is 240 Å². The number of rotatable bonds is 9. The van der Waals surface area contributed by atoms with Crippen LogP contribution in [-0.4, -0.2) is 61.4 Å². The van der Waals surface area contributed by atoms with E-state index in [9.17, 15) is 40.4 Å². The second-order valence-electron chi connectivity index (χ2n) is 11.2. The van der Waals surface area contributed by atoms with Crippen LogP contribution in [0.1, 0.15) is 66.9 Å². The fourth-order valence-electron chi connectivity index (χ4n) is 6.28. The fraction of sp³-hybridized carbons (Fsp3) is 0.483. The van der Waals surface area contributed by atoms with Crippen molar-refractivity contribution in [2.24, 2.45) is 5.92 Å². The monoisotopic (exact) mass is 610 g/mol. The third-order valence-corrected chi connectivity index (χ3v) is 8.81. The molecule has 2 amide bonds. The molecule has 0 N–H and O–H groups in total. The lowest BCUT2D eigenvalue weighted by atomic mass is 9.81. The van der Waals surface area contributed by atoms with Crippen LogP contribution in [0.15, 0.2) is 42.5 Å². The maximum absolute atomic E-state index is 14.7. The lowest BCUT2D eigenvalue weighted by molar-refractivity contribution is -0.274. The summed E-state index contributed by atoms with van der Waals surface area (Å²) in [5.41, 5.74) is 0.992. The zero-order valence-electron chi connectivity index (χ0n) is 22.8. The van der Waals surface area contributed by atoms with E-state index in [1.54, 1.807) is 9.80 Å². The first-order chi connectivity index (χ1) is 19.7. The predicted molar refractivity (Wildman–Crippen MR) is 144 cm³/mol. The molecule has 3 atom stereocenters. The molecule has 5 rings (SSSR count). The molecule has 1 aliphatic heterocycles. The number of alkyl halides is 3. The lowest BCUT2D eigenvalue weighted by Crippen LogP contribution is -2.53. The van der Waals surface area contributed by atoms with Crippen molar-refractivity contribution in [2.45, 2.75) is 69.4 Å². The summed E-state index contributed by atoms with van der Waals surface area (Å²) in [4.78, 5) is 42.9. The molecule has 2 aliphatic carbocycles. The van der Waals surface area contributed by atoms with Gasteiger partial charge < -0.3 is 14.5 Å². The summed E-state index contributed by atoms with van der Waals surface area (Å²) in [6, 6.07) is 7.60. The molecular weight excluding hydrogens is 580 g/mol. The second kappa shape index (κ2) is 11.3. The van der Waals surface area contributed by atoms with Gasteiger partial charge in [-0.15, -0.1) is 13.2 Å². The minimum absolute atomic E-state index is 0.117. The van der Waals surface area contributed by atoms with Gasteiger partial charge in [-0.1, -0.05) is 6.42 Å². The minimum atomic E-state index is -4.88. The molecule has 0 saturated heterocycles. The van der Waals surface area contributed by atoms with E-state index >= 15 is 0 Å². The third kappa shape index (κ3) is 6.61. The van der Waals surface area contributed by atoms with Gasteiger partial charge in [0.25, 0.3) is 5.91 Å². The SMILES string of the molecule is CS(=O)(=O)CC(=O)CCC(=O)N(C1CC1)[C@H]1c2cc(F)ccc2N(C(=O)c2ccc(OC(F)(F)F)cc2)[C@H]2CCC[C@H]21. The normalized spacial score (nSPS) is 21.8. The van der Waals surface area contributed by atoms with Gasteiger partial charge in [0.15, 0.2) is 9.84 Å². The van der Waals surface area contributed by atoms with Crippen LogP contribution in [0.25, 0.3) is 0 Å². The number of hydrogen-bond acceptors (Lipinski definition) is 6. The van der Waals surface area contributed by atoms with E-state index in [4.69, 9.17) is 0 Å². The average Bonchev–Trinajstić information content (AvgIpc) is 3.61. The fourth-order valence-corrected chi connectivity index (χ4v) is 7.01. The molecule has 0 radical (unpaired) electrons. The third-order valence-electron chi connectivity index (χ3n) is 7.96. The first-order valence-electron chi connectivity index (χ1n) is 13.7. The van der Waals surface area contributed by atoms with Gasteiger partial charge in [0.2, 0.25) is 5.91 Å². The van der Waals surface area contributed by atoms with Gasteiger partial charge in [0.05, 0.1) is 6.04 Å². The van der Waals surface area contributed by atoms with Gasteiger partial charge in [0, 0.05) is 53.9 Å². The van der Waals surface area contributed by atoms with Crippen molar-refractivity contribution in [1.29, 1.82) is 0 Å². The summed E-state index contributed by atoms with van der Waals surface area (Å²) >= 11 is 0. The Bertz CT molecular complexity index is 1490. The molecule has 0 bridgehead atoms. The number of ether oxygens (including phenoxy) is 1. The van der Waals surface area contributed by atoms with Gasteiger partial charge in [-0.3, -0.25) is 14.4 Å². The van der Waals surface area contributed by atoms with Crippen molar-refractivity contribution in [3.63, 3.8) is 0 Å². The molecular formula is C29H30F4N2O6S. The Morgan fingerprint density at radius 2 is 1.69 bits per heavy atom. The summed E-state index contributed by atoms with van der Waals surface area (Å²) in [6.07, 6.45) is -0.871. The van der Waals surface area contributed by atoms with Crippen LogP contribution in [0.2, 0.25) is 0 Å². The number of nitrogens with zero attached hydrogens (tertiary/aromatic N) is 2. The number of sulfone groups is 1. The van der Waals surface area contributed by atoms with Crippen LogP contribution in [0.4, 0.5) is 23.2 Å². The van der Waals surface area contributed by atoms with E-state index in [2.05, 4.69) is 4.74 Å². The van der Waals surface area contributed by atoms with Crippen molar-refractivity contribution in [3.05, 3.63) is 59.4 Å². The first kappa shape index (κ1) is 30.0. The summed E-state index contributed by atoms with van der Waals surface area (Å²) in [5.74, 6) is -3.26. The number of ketones is 1. The van der Waals surface area contributed by atoms with Crippen LogP contribution < -0.4 is 9.64 Å². The van der Waals surface area contributed by atoms with Crippen LogP contribution in [-0.2, 0) is 19.4 Å². The number of hydrogen-bond donors (Lipinski definition) is 0. The number of halogens is 4. The molecule has 0 aromatic heterocycles. The summed E-state index contributed by atoms with van der Waals surface area (Å²) in [6.45, 7) is 0. The first-order valence-corrected chi connectivity index (χ1v) is 15.8. The standard InChI is InChI=1S/C29H30F4N2O6S/c1-42(39,40)16-20(36)10-14-26(37)34(19-8-9-19)27-22-3-2-4-24(22)35(25-13-7-18(30)15-23(25)27)28(38)17-5-11-21(12-6-17)41-29(31,32)33/h5-7,11-13,15,19,22,24,27H,2-4,8-10,14,16H2,1H3/t22-,24+,27-/m1/s1. The van der Waals surface area contributed by atoms with Crippen LogP contribution in [0.3, 0.4) is 0 Å². The number of benzene rings is 2. The number of amides is 2. The molecule has 2 aromatic rings. The molecule has 2 saturated carbocycles. The maximum Gasteiger partial charge on any atom is 0.573 e. The van der Waals surface area contributed by atoms with Crippen molar-refractivity contribution in [1.82, 2.24) is 4.90 Å². The van der Waals surface area contributed by atoms with E-state index in [0.717, 1.165) is 37.7 Å². The Balaban J connectivity index is 1.47. The Morgan fingerprint density at radius 3 is 2.31 bits per heavy atom. The summed E-state index contributed by atoms with van der Waals surface area (Å²) in [7, 11) is -3.53. The number of Topliss-reactive ketones (excluding diaryl/α,β-unsaturated/α-hetero) is 1. The molecule has 42 heavy (non-hydrogen) atoms. The van der Waals surface area contributed by atoms with E-state index in [1.807, 2.05) is 0 Å². The molecule has 226 valence electrons. The Hall–Kier alpha value is -3.48. The highest BCUT2D eigenvalue weighted by Gasteiger charge is 2.51. The van der Waals surface area contributed by atoms with E-state index in [0.29, 0.717) is 24.1 Å². The van der Waals surface area contributed by atoms with Gasteiger partial charge >= 0.3 is 6.36 Å². The van der Waals surface area contributed by atoms with Gasteiger partial charge in [0.1, 0.15) is 23.1 Å². The molecule has 1 heterocycles. The smallest absolute Gasteiger partial charge is 0.406 e. The molecule has 0 unspecified atom stereocenters. The number of carbonyl (C=O) groups excluding carboxylic acids is 3. The highest BCUT2D eigenvalue weighted by molar-refractivity contribution is 7.91. The lowest BCUT2D eigenvalue weighted by Gasteiger charge is -2.48. The van der Waals surface area contributed by atoms with Gasteiger partial charge in [-0.05, 0) is 68.1 Å². The van der Waals surface area contributed by atoms with Crippen molar-refractivity contribution < 1.29 is 45.1 Å². The number of anilines is 1. The zero-order chi connectivity index (χ0) is 30.4. The van der Waals surface area contributed by atoms with Crippen molar-refractivity contribution in [2.75, 3.05) is 16.9 Å². The average molecular weight is 611 g/mol. The van der Waals surface area contributed by atoms with Crippen molar-refractivity contribution >= 4 is 33.1 Å². The topological polar surface area (TPSA) is 101 Å². The van der Waals surface area contributed by atoms with Gasteiger partial charge in [-0.25, -0.2) is 12.8 Å². The predicted octanol–water partition coefficient (Wildman–Crippen LogP) is 4.98. The van der Waals surface area contributed by atoms with E-state index in [1.165, 1.54) is 30.3 Å². The Morgan fingerprint density at radius 1 is 1.00 bits per heavy atom. The number of fused-ring (bicyclic) bond motifs is 2. The molecule has 3 aliphatic rings.